The van der Waals surface area contributed by atoms with Gasteiger partial charge in [-0.1, -0.05) is 32.0 Å². The Kier molecular flexibility index (Phi) is 5.94. The zero-order chi connectivity index (χ0) is 11.8. The Morgan fingerprint density at radius 3 is 2.62 bits per heavy atom. The number of anilines is 1. The number of hydrogen-bond acceptors (Lipinski definition) is 2. The highest BCUT2D eigenvalue weighted by atomic mass is 16.5. The van der Waals surface area contributed by atoms with Crippen LogP contribution in [0.4, 0.5) is 5.69 Å². The van der Waals surface area contributed by atoms with Gasteiger partial charge in [0.25, 0.3) is 0 Å². The molecule has 0 unspecified atom stereocenters. The number of rotatable bonds is 7. The standard InChI is InChI=1S/C14H23NO/c1-12(2)8-10-16-11-9-15-14-7-5-4-6-13(14)3/h4-7,12,15H,8-11H2,1-3H3. The summed E-state index contributed by atoms with van der Waals surface area (Å²) >= 11 is 0. The summed E-state index contributed by atoms with van der Waals surface area (Å²) in [5, 5.41) is 3.38. The third-order valence-electron chi connectivity index (χ3n) is 2.55. The van der Waals surface area contributed by atoms with Crippen molar-refractivity contribution >= 4 is 5.69 Å². The molecule has 90 valence electrons. The van der Waals surface area contributed by atoms with Crippen LogP contribution in [-0.4, -0.2) is 19.8 Å². The van der Waals surface area contributed by atoms with Crippen molar-refractivity contribution in [3.8, 4) is 0 Å². The Labute approximate surface area is 99.0 Å². The average molecular weight is 221 g/mol. The predicted molar refractivity (Wildman–Crippen MR) is 69.9 cm³/mol. The fourth-order valence-electron chi connectivity index (χ4n) is 1.45. The van der Waals surface area contributed by atoms with Gasteiger partial charge in [-0.25, -0.2) is 0 Å². The smallest absolute Gasteiger partial charge is 0.0639 e. The van der Waals surface area contributed by atoms with Crippen LogP contribution < -0.4 is 5.32 Å². The van der Waals surface area contributed by atoms with Crippen LogP contribution in [0.25, 0.3) is 0 Å². The molecule has 2 nitrogen and oxygen atoms in total. The summed E-state index contributed by atoms with van der Waals surface area (Å²) in [4.78, 5) is 0. The van der Waals surface area contributed by atoms with Crippen LogP contribution in [0.15, 0.2) is 24.3 Å². The lowest BCUT2D eigenvalue weighted by atomic mass is 10.1. The number of ether oxygens (including phenoxy) is 1. The van der Waals surface area contributed by atoms with Crippen molar-refractivity contribution < 1.29 is 4.74 Å². The van der Waals surface area contributed by atoms with Gasteiger partial charge in [0.15, 0.2) is 0 Å². The van der Waals surface area contributed by atoms with E-state index in [9.17, 15) is 0 Å². The van der Waals surface area contributed by atoms with Crippen molar-refractivity contribution in [3.05, 3.63) is 29.8 Å². The van der Waals surface area contributed by atoms with E-state index in [0.29, 0.717) is 0 Å². The summed E-state index contributed by atoms with van der Waals surface area (Å²) in [5.41, 5.74) is 2.49. The molecule has 0 bridgehead atoms. The van der Waals surface area contributed by atoms with Gasteiger partial charge >= 0.3 is 0 Å². The molecule has 0 saturated carbocycles. The maximum atomic E-state index is 5.54. The van der Waals surface area contributed by atoms with E-state index >= 15 is 0 Å². The largest absolute Gasteiger partial charge is 0.383 e. The second-order valence-electron chi connectivity index (χ2n) is 4.54. The fraction of sp³-hybridized carbons (Fsp3) is 0.571. The van der Waals surface area contributed by atoms with E-state index in [0.717, 1.165) is 32.1 Å². The predicted octanol–water partition coefficient (Wildman–Crippen LogP) is 3.47. The minimum Gasteiger partial charge on any atom is -0.383 e. The number of hydrogen-bond donors (Lipinski definition) is 1. The monoisotopic (exact) mass is 221 g/mol. The molecule has 0 aromatic heterocycles. The van der Waals surface area contributed by atoms with Crippen molar-refractivity contribution in [1.82, 2.24) is 0 Å². The summed E-state index contributed by atoms with van der Waals surface area (Å²) in [6, 6.07) is 8.32. The third-order valence-corrected chi connectivity index (χ3v) is 2.55. The minimum absolute atomic E-state index is 0.726. The molecule has 0 amide bonds. The van der Waals surface area contributed by atoms with Gasteiger partial charge in [-0.2, -0.15) is 0 Å². The van der Waals surface area contributed by atoms with Gasteiger partial charge in [0, 0.05) is 18.8 Å². The molecule has 16 heavy (non-hydrogen) atoms. The van der Waals surface area contributed by atoms with E-state index < -0.39 is 0 Å². The molecule has 0 saturated heterocycles. The van der Waals surface area contributed by atoms with Gasteiger partial charge < -0.3 is 10.1 Å². The first-order valence-electron chi connectivity index (χ1n) is 6.07. The molecule has 0 radical (unpaired) electrons. The van der Waals surface area contributed by atoms with E-state index in [1.165, 1.54) is 11.3 Å². The molecule has 0 aliphatic rings. The molecule has 1 N–H and O–H groups in total. The van der Waals surface area contributed by atoms with Crippen LogP contribution >= 0.6 is 0 Å². The number of aryl methyl sites for hydroxylation is 1. The minimum atomic E-state index is 0.726. The molecule has 0 fully saturated rings. The lowest BCUT2D eigenvalue weighted by Gasteiger charge is -2.10. The van der Waals surface area contributed by atoms with Crippen LogP contribution in [0.1, 0.15) is 25.8 Å². The summed E-state index contributed by atoms with van der Waals surface area (Å²) in [7, 11) is 0. The Bertz CT molecular complexity index is 297. The van der Waals surface area contributed by atoms with Crippen molar-refractivity contribution in [3.63, 3.8) is 0 Å². The van der Waals surface area contributed by atoms with E-state index in [2.05, 4.69) is 50.4 Å². The van der Waals surface area contributed by atoms with Gasteiger partial charge in [0.1, 0.15) is 0 Å². The second-order valence-corrected chi connectivity index (χ2v) is 4.54. The van der Waals surface area contributed by atoms with Crippen LogP contribution in [0.3, 0.4) is 0 Å². The molecule has 0 atom stereocenters. The first-order valence-corrected chi connectivity index (χ1v) is 6.07. The Hall–Kier alpha value is -1.02. The van der Waals surface area contributed by atoms with Gasteiger partial charge in [-0.3, -0.25) is 0 Å². The summed E-state index contributed by atoms with van der Waals surface area (Å²) < 4.78 is 5.54. The molecular weight excluding hydrogens is 198 g/mol. The fourth-order valence-corrected chi connectivity index (χ4v) is 1.45. The lowest BCUT2D eigenvalue weighted by Crippen LogP contribution is -2.11. The number of para-hydroxylation sites is 1. The van der Waals surface area contributed by atoms with E-state index in [1.807, 2.05) is 0 Å². The average Bonchev–Trinajstić information content (AvgIpc) is 2.25. The highest BCUT2D eigenvalue weighted by Crippen LogP contribution is 2.12. The normalized spacial score (nSPS) is 10.8. The quantitative estimate of drug-likeness (QED) is 0.712. The second kappa shape index (κ2) is 7.29. The summed E-state index contributed by atoms with van der Waals surface area (Å²) in [6.07, 6.45) is 1.14. The van der Waals surface area contributed by atoms with Crippen LogP contribution in [-0.2, 0) is 4.74 Å². The molecule has 1 rings (SSSR count). The van der Waals surface area contributed by atoms with Crippen molar-refractivity contribution in [2.45, 2.75) is 27.2 Å². The Morgan fingerprint density at radius 2 is 1.94 bits per heavy atom. The molecule has 1 aromatic rings. The van der Waals surface area contributed by atoms with Crippen LogP contribution in [0.2, 0.25) is 0 Å². The molecule has 1 aromatic carbocycles. The number of benzene rings is 1. The van der Waals surface area contributed by atoms with Crippen LogP contribution in [0.5, 0.6) is 0 Å². The number of nitrogens with one attached hydrogen (secondary N) is 1. The Morgan fingerprint density at radius 1 is 1.19 bits per heavy atom. The van der Waals surface area contributed by atoms with E-state index in [4.69, 9.17) is 4.74 Å². The maximum Gasteiger partial charge on any atom is 0.0639 e. The SMILES string of the molecule is Cc1ccccc1NCCOCCC(C)C. The molecule has 0 aliphatic carbocycles. The highest BCUT2D eigenvalue weighted by Gasteiger charge is 1.96. The first kappa shape index (κ1) is 13.0. The zero-order valence-corrected chi connectivity index (χ0v) is 10.6. The van der Waals surface area contributed by atoms with Gasteiger partial charge in [-0.05, 0) is 30.9 Å². The zero-order valence-electron chi connectivity index (χ0n) is 10.6. The lowest BCUT2D eigenvalue weighted by molar-refractivity contribution is 0.132. The van der Waals surface area contributed by atoms with Crippen molar-refractivity contribution in [1.29, 1.82) is 0 Å². The molecule has 0 spiro atoms. The van der Waals surface area contributed by atoms with Crippen molar-refractivity contribution in [2.24, 2.45) is 5.92 Å². The van der Waals surface area contributed by atoms with E-state index in [-0.39, 0.29) is 0 Å². The molecule has 0 aliphatic heterocycles. The summed E-state index contributed by atoms with van der Waals surface area (Å²) in [5.74, 6) is 0.726. The van der Waals surface area contributed by atoms with Crippen LogP contribution in [0, 0.1) is 12.8 Å². The van der Waals surface area contributed by atoms with Gasteiger partial charge in [-0.15, -0.1) is 0 Å². The Balaban J connectivity index is 2.10. The molecular formula is C14H23NO. The summed E-state index contributed by atoms with van der Waals surface area (Å²) in [6.45, 7) is 9.07. The van der Waals surface area contributed by atoms with Crippen molar-refractivity contribution in [2.75, 3.05) is 25.1 Å². The third kappa shape index (κ3) is 5.17. The van der Waals surface area contributed by atoms with Gasteiger partial charge in [0.2, 0.25) is 0 Å². The van der Waals surface area contributed by atoms with Gasteiger partial charge in [0.05, 0.1) is 6.61 Å². The highest BCUT2D eigenvalue weighted by molar-refractivity contribution is 5.50. The maximum absolute atomic E-state index is 5.54. The topological polar surface area (TPSA) is 21.3 Å². The first-order chi connectivity index (χ1) is 7.70. The molecule has 2 heteroatoms. The van der Waals surface area contributed by atoms with E-state index in [1.54, 1.807) is 0 Å². The molecule has 0 heterocycles.